The van der Waals surface area contributed by atoms with Gasteiger partial charge in [-0.05, 0) is 29.9 Å². The van der Waals surface area contributed by atoms with Gasteiger partial charge in [-0.25, -0.2) is 0 Å². The van der Waals surface area contributed by atoms with E-state index in [1.165, 1.54) is 6.42 Å². The second-order valence-electron chi connectivity index (χ2n) is 5.21. The van der Waals surface area contributed by atoms with Crippen LogP contribution in [0.1, 0.15) is 30.9 Å². The van der Waals surface area contributed by atoms with Crippen LogP contribution in [0.15, 0.2) is 30.8 Å². The van der Waals surface area contributed by atoms with Gasteiger partial charge < -0.3 is 4.90 Å². The van der Waals surface area contributed by atoms with Crippen molar-refractivity contribution >= 4 is 12.0 Å². The number of carbonyl (C=O) groups excluding carboxylic acids is 1. The molecule has 1 heterocycles. The average molecular weight is 243 g/mol. The summed E-state index contributed by atoms with van der Waals surface area (Å²) in [5, 5.41) is 0. The molecule has 0 radical (unpaired) electrons. The number of nitrogens with zero attached hydrogens (tertiary/aromatic N) is 1. The highest BCUT2D eigenvalue weighted by atomic mass is 16.2. The minimum atomic E-state index is 0.257. The molecule has 18 heavy (non-hydrogen) atoms. The van der Waals surface area contributed by atoms with E-state index in [0.717, 1.165) is 30.6 Å². The number of amides is 1. The lowest BCUT2D eigenvalue weighted by molar-refractivity contribution is -0.132. The fourth-order valence-electron chi connectivity index (χ4n) is 2.47. The van der Waals surface area contributed by atoms with E-state index in [1.807, 2.05) is 35.2 Å². The first-order valence-corrected chi connectivity index (χ1v) is 6.68. The van der Waals surface area contributed by atoms with Crippen molar-refractivity contribution in [2.24, 2.45) is 5.92 Å². The molecule has 0 spiro atoms. The predicted molar refractivity (Wildman–Crippen MR) is 75.2 cm³/mol. The Morgan fingerprint density at radius 2 is 2.17 bits per heavy atom. The Hall–Kier alpha value is -1.57. The molecule has 1 aliphatic rings. The Balaban J connectivity index is 1.95. The average Bonchev–Trinajstić information content (AvgIpc) is 2.39. The maximum atomic E-state index is 12.2. The van der Waals surface area contributed by atoms with Crippen LogP contribution in [0.5, 0.6) is 0 Å². The largest absolute Gasteiger partial charge is 0.342 e. The number of rotatable bonds is 3. The number of hydrogen-bond donors (Lipinski definition) is 0. The summed E-state index contributed by atoms with van der Waals surface area (Å²) in [6.07, 6.45) is 4.72. The van der Waals surface area contributed by atoms with E-state index in [4.69, 9.17) is 0 Å². The fourth-order valence-corrected chi connectivity index (χ4v) is 2.47. The Morgan fingerprint density at radius 1 is 1.44 bits per heavy atom. The highest BCUT2D eigenvalue weighted by Crippen LogP contribution is 2.16. The molecular weight excluding hydrogens is 222 g/mol. The molecule has 0 bridgehead atoms. The van der Waals surface area contributed by atoms with Gasteiger partial charge in [0.25, 0.3) is 0 Å². The Bertz CT molecular complexity index is 421. The summed E-state index contributed by atoms with van der Waals surface area (Å²) in [4.78, 5) is 14.2. The van der Waals surface area contributed by atoms with Crippen LogP contribution in [0.3, 0.4) is 0 Å². The van der Waals surface area contributed by atoms with Crippen molar-refractivity contribution in [2.75, 3.05) is 13.1 Å². The molecule has 0 saturated carbocycles. The van der Waals surface area contributed by atoms with Gasteiger partial charge in [0.05, 0.1) is 6.42 Å². The molecule has 1 aliphatic heterocycles. The third-order valence-corrected chi connectivity index (χ3v) is 3.58. The summed E-state index contributed by atoms with van der Waals surface area (Å²) >= 11 is 0. The summed E-state index contributed by atoms with van der Waals surface area (Å²) in [5.74, 6) is 0.902. The van der Waals surface area contributed by atoms with Crippen molar-refractivity contribution < 1.29 is 4.79 Å². The molecule has 1 fully saturated rings. The maximum Gasteiger partial charge on any atom is 0.226 e. The van der Waals surface area contributed by atoms with E-state index in [0.29, 0.717) is 12.3 Å². The van der Waals surface area contributed by atoms with Crippen LogP contribution in [0, 0.1) is 5.92 Å². The summed E-state index contributed by atoms with van der Waals surface area (Å²) in [7, 11) is 0. The Morgan fingerprint density at radius 3 is 2.78 bits per heavy atom. The van der Waals surface area contributed by atoms with Gasteiger partial charge in [-0.15, -0.1) is 0 Å². The quantitative estimate of drug-likeness (QED) is 0.798. The molecule has 1 unspecified atom stereocenters. The topological polar surface area (TPSA) is 20.3 Å². The maximum absolute atomic E-state index is 12.2. The molecule has 96 valence electrons. The van der Waals surface area contributed by atoms with Crippen molar-refractivity contribution in [1.82, 2.24) is 4.90 Å². The van der Waals surface area contributed by atoms with E-state index in [9.17, 15) is 4.79 Å². The van der Waals surface area contributed by atoms with Crippen LogP contribution >= 0.6 is 0 Å². The van der Waals surface area contributed by atoms with Crippen LogP contribution < -0.4 is 0 Å². The number of hydrogen-bond acceptors (Lipinski definition) is 1. The van der Waals surface area contributed by atoms with Gasteiger partial charge in [0.1, 0.15) is 0 Å². The molecule has 1 saturated heterocycles. The molecule has 0 aromatic heterocycles. The highest BCUT2D eigenvalue weighted by Gasteiger charge is 2.20. The molecular formula is C16H21NO. The molecule has 0 N–H and O–H groups in total. The highest BCUT2D eigenvalue weighted by molar-refractivity contribution is 5.79. The Kier molecular flexibility index (Phi) is 4.19. The zero-order chi connectivity index (χ0) is 13.0. The SMILES string of the molecule is C=Cc1ccc(CC(=O)N2CCCC(C)C2)cc1. The number of piperidine rings is 1. The first-order chi connectivity index (χ1) is 8.69. The lowest BCUT2D eigenvalue weighted by Gasteiger charge is -2.31. The van der Waals surface area contributed by atoms with Crippen molar-refractivity contribution in [3.05, 3.63) is 42.0 Å². The standard InChI is InChI=1S/C16H21NO/c1-3-14-6-8-15(9-7-14)11-16(18)17-10-4-5-13(2)12-17/h3,6-9,13H,1,4-5,10-12H2,2H3. The third-order valence-electron chi connectivity index (χ3n) is 3.58. The van der Waals surface area contributed by atoms with Crippen molar-refractivity contribution in [2.45, 2.75) is 26.2 Å². The molecule has 1 amide bonds. The van der Waals surface area contributed by atoms with Crippen LogP contribution in [-0.4, -0.2) is 23.9 Å². The second-order valence-corrected chi connectivity index (χ2v) is 5.21. The van der Waals surface area contributed by atoms with Gasteiger partial charge in [-0.2, -0.15) is 0 Å². The summed E-state index contributed by atoms with van der Waals surface area (Å²) in [5.41, 5.74) is 2.18. The van der Waals surface area contributed by atoms with Crippen molar-refractivity contribution in [1.29, 1.82) is 0 Å². The van der Waals surface area contributed by atoms with Gasteiger partial charge in [0.15, 0.2) is 0 Å². The number of likely N-dealkylation sites (tertiary alicyclic amines) is 1. The smallest absolute Gasteiger partial charge is 0.226 e. The van der Waals surface area contributed by atoms with Crippen LogP contribution in [0.2, 0.25) is 0 Å². The van der Waals surface area contributed by atoms with E-state index >= 15 is 0 Å². The van der Waals surface area contributed by atoms with E-state index < -0.39 is 0 Å². The molecule has 2 heteroatoms. The number of carbonyl (C=O) groups is 1. The van der Waals surface area contributed by atoms with Gasteiger partial charge in [0, 0.05) is 13.1 Å². The zero-order valence-corrected chi connectivity index (χ0v) is 11.1. The lowest BCUT2D eigenvalue weighted by atomic mass is 9.99. The van der Waals surface area contributed by atoms with Crippen LogP contribution in [-0.2, 0) is 11.2 Å². The molecule has 1 aromatic carbocycles. The summed E-state index contributed by atoms with van der Waals surface area (Å²) < 4.78 is 0. The molecule has 0 aliphatic carbocycles. The minimum absolute atomic E-state index is 0.257. The van der Waals surface area contributed by atoms with E-state index in [2.05, 4.69) is 13.5 Å². The zero-order valence-electron chi connectivity index (χ0n) is 11.1. The van der Waals surface area contributed by atoms with Crippen LogP contribution in [0.4, 0.5) is 0 Å². The second kappa shape index (κ2) is 5.85. The molecule has 2 nitrogen and oxygen atoms in total. The van der Waals surface area contributed by atoms with Gasteiger partial charge in [0.2, 0.25) is 5.91 Å². The van der Waals surface area contributed by atoms with Crippen molar-refractivity contribution in [3.63, 3.8) is 0 Å². The summed E-state index contributed by atoms with van der Waals surface area (Å²) in [6, 6.07) is 8.05. The first kappa shape index (κ1) is 12.9. The lowest BCUT2D eigenvalue weighted by Crippen LogP contribution is -2.39. The normalized spacial score (nSPS) is 19.6. The van der Waals surface area contributed by atoms with Gasteiger partial charge in [-0.3, -0.25) is 4.79 Å². The third kappa shape index (κ3) is 3.22. The summed E-state index contributed by atoms with van der Waals surface area (Å²) in [6.45, 7) is 7.79. The molecule has 1 atom stereocenters. The molecule has 1 aromatic rings. The number of benzene rings is 1. The predicted octanol–water partition coefficient (Wildman–Crippen LogP) is 3.13. The van der Waals surface area contributed by atoms with Crippen LogP contribution in [0.25, 0.3) is 6.08 Å². The van der Waals surface area contributed by atoms with Gasteiger partial charge in [-0.1, -0.05) is 43.8 Å². The minimum Gasteiger partial charge on any atom is -0.342 e. The van der Waals surface area contributed by atoms with E-state index in [1.54, 1.807) is 0 Å². The fraction of sp³-hybridized carbons (Fsp3) is 0.438. The van der Waals surface area contributed by atoms with Crippen molar-refractivity contribution in [3.8, 4) is 0 Å². The van der Waals surface area contributed by atoms with Gasteiger partial charge >= 0.3 is 0 Å². The van der Waals surface area contributed by atoms with E-state index in [-0.39, 0.29) is 5.91 Å². The Labute approximate surface area is 109 Å². The first-order valence-electron chi connectivity index (χ1n) is 6.68. The molecule has 2 rings (SSSR count). The monoisotopic (exact) mass is 243 g/mol.